The van der Waals surface area contributed by atoms with Crippen molar-refractivity contribution < 1.29 is 19.0 Å². The lowest BCUT2D eigenvalue weighted by molar-refractivity contribution is 0.0162. The first-order valence-corrected chi connectivity index (χ1v) is 9.82. The molecule has 0 radical (unpaired) electrons. The second-order valence-corrected chi connectivity index (χ2v) is 7.40. The molecule has 1 atom stereocenters. The molecule has 2 heterocycles. The van der Waals surface area contributed by atoms with Gasteiger partial charge in [-0.2, -0.15) is 0 Å². The highest BCUT2D eigenvalue weighted by Crippen LogP contribution is 2.39. The third kappa shape index (κ3) is 4.05. The van der Waals surface area contributed by atoms with Crippen LogP contribution in [0.2, 0.25) is 10.0 Å². The summed E-state index contributed by atoms with van der Waals surface area (Å²) >= 11 is 12.6. The Kier molecular flexibility index (Phi) is 5.92. The van der Waals surface area contributed by atoms with Gasteiger partial charge in [-0.3, -0.25) is 9.69 Å². The normalized spacial score (nSPS) is 17.4. The molecular weight excluding hydrogens is 403 g/mol. The van der Waals surface area contributed by atoms with Gasteiger partial charge < -0.3 is 19.5 Å². The molecule has 2 aromatic rings. The SMILES string of the molecule is O=C(NCC(c1ccccc1Cl)N1CCOCC1)c1cc(Cl)c2c(c1)OCO2. The number of nitrogens with one attached hydrogen (secondary N) is 1. The van der Waals surface area contributed by atoms with Gasteiger partial charge in [-0.05, 0) is 23.8 Å². The predicted octanol–water partition coefficient (Wildman–Crippen LogP) is 3.53. The van der Waals surface area contributed by atoms with Crippen LogP contribution in [-0.2, 0) is 4.74 Å². The summed E-state index contributed by atoms with van der Waals surface area (Å²) in [6.45, 7) is 3.39. The molecule has 28 heavy (non-hydrogen) atoms. The standard InChI is InChI=1S/C20H20Cl2N2O4/c21-15-4-2-1-3-14(15)17(24-5-7-26-8-6-24)11-23-20(25)13-9-16(22)19-18(10-13)27-12-28-19/h1-4,9-10,17H,5-8,11-12H2,(H,23,25). The summed E-state index contributed by atoms with van der Waals surface area (Å²) in [5, 5.41) is 4.04. The highest BCUT2D eigenvalue weighted by atomic mass is 35.5. The van der Waals surface area contributed by atoms with Gasteiger partial charge in [0.05, 0.1) is 24.3 Å². The minimum Gasteiger partial charge on any atom is -0.454 e. The molecule has 0 aromatic heterocycles. The van der Waals surface area contributed by atoms with Crippen LogP contribution in [-0.4, -0.2) is 50.4 Å². The first-order valence-electron chi connectivity index (χ1n) is 9.07. The van der Waals surface area contributed by atoms with E-state index in [4.69, 9.17) is 37.4 Å². The highest BCUT2D eigenvalue weighted by molar-refractivity contribution is 6.32. The molecule has 8 heteroatoms. The molecule has 0 aliphatic carbocycles. The maximum absolute atomic E-state index is 12.8. The molecule has 1 saturated heterocycles. The number of amides is 1. The van der Waals surface area contributed by atoms with Crippen molar-refractivity contribution in [3.8, 4) is 11.5 Å². The lowest BCUT2D eigenvalue weighted by atomic mass is 10.0. The van der Waals surface area contributed by atoms with E-state index in [1.165, 1.54) is 0 Å². The Labute approximate surface area is 173 Å². The van der Waals surface area contributed by atoms with Gasteiger partial charge in [0.25, 0.3) is 5.91 Å². The summed E-state index contributed by atoms with van der Waals surface area (Å²) in [6.07, 6.45) is 0. The number of nitrogens with zero attached hydrogens (tertiary/aromatic N) is 1. The van der Waals surface area contributed by atoms with Gasteiger partial charge in [0, 0.05) is 30.2 Å². The van der Waals surface area contributed by atoms with Gasteiger partial charge in [0.15, 0.2) is 11.5 Å². The Bertz CT molecular complexity index is 871. The summed E-state index contributed by atoms with van der Waals surface area (Å²) in [5.41, 5.74) is 1.41. The van der Waals surface area contributed by atoms with Crippen molar-refractivity contribution in [2.24, 2.45) is 0 Å². The van der Waals surface area contributed by atoms with Crippen LogP contribution in [0.3, 0.4) is 0 Å². The molecule has 2 aliphatic rings. The van der Waals surface area contributed by atoms with Gasteiger partial charge in [0.2, 0.25) is 6.79 Å². The zero-order valence-corrected chi connectivity index (χ0v) is 16.6. The van der Waals surface area contributed by atoms with E-state index in [0.29, 0.717) is 46.9 Å². The van der Waals surface area contributed by atoms with E-state index >= 15 is 0 Å². The third-order valence-electron chi connectivity index (χ3n) is 4.90. The number of rotatable bonds is 5. The molecule has 1 amide bonds. The van der Waals surface area contributed by atoms with Gasteiger partial charge in [-0.15, -0.1) is 0 Å². The fourth-order valence-electron chi connectivity index (χ4n) is 3.46. The maximum atomic E-state index is 12.8. The van der Waals surface area contributed by atoms with E-state index in [9.17, 15) is 4.79 Å². The smallest absolute Gasteiger partial charge is 0.251 e. The molecule has 148 valence electrons. The van der Waals surface area contributed by atoms with Gasteiger partial charge in [0.1, 0.15) is 0 Å². The van der Waals surface area contributed by atoms with E-state index < -0.39 is 0 Å². The molecule has 6 nitrogen and oxygen atoms in total. The van der Waals surface area contributed by atoms with E-state index in [0.717, 1.165) is 18.7 Å². The lowest BCUT2D eigenvalue weighted by Crippen LogP contribution is -2.44. The van der Waals surface area contributed by atoms with E-state index in [2.05, 4.69) is 10.2 Å². The predicted molar refractivity (Wildman–Crippen MR) is 106 cm³/mol. The Morgan fingerprint density at radius 1 is 1.11 bits per heavy atom. The summed E-state index contributed by atoms with van der Waals surface area (Å²) in [6, 6.07) is 10.9. The Morgan fingerprint density at radius 2 is 1.89 bits per heavy atom. The van der Waals surface area contributed by atoms with Crippen LogP contribution in [0.1, 0.15) is 22.0 Å². The number of halogens is 2. The van der Waals surface area contributed by atoms with Crippen LogP contribution in [0.15, 0.2) is 36.4 Å². The first kappa shape index (κ1) is 19.3. The number of morpholine rings is 1. The largest absolute Gasteiger partial charge is 0.454 e. The Balaban J connectivity index is 1.52. The number of carbonyl (C=O) groups is 1. The summed E-state index contributed by atoms with van der Waals surface area (Å²) in [4.78, 5) is 15.0. The second kappa shape index (κ2) is 8.57. The molecule has 0 bridgehead atoms. The number of ether oxygens (including phenoxy) is 3. The zero-order chi connectivity index (χ0) is 19.5. The average Bonchev–Trinajstić information content (AvgIpc) is 3.19. The quantitative estimate of drug-likeness (QED) is 0.798. The molecule has 2 aliphatic heterocycles. The molecular formula is C20H20Cl2N2O4. The van der Waals surface area contributed by atoms with E-state index in [-0.39, 0.29) is 18.7 Å². The van der Waals surface area contributed by atoms with Crippen LogP contribution in [0.5, 0.6) is 11.5 Å². The lowest BCUT2D eigenvalue weighted by Gasteiger charge is -2.35. The number of hydrogen-bond donors (Lipinski definition) is 1. The van der Waals surface area contributed by atoms with E-state index in [1.54, 1.807) is 12.1 Å². The molecule has 1 fully saturated rings. The number of fused-ring (bicyclic) bond motifs is 1. The summed E-state index contributed by atoms with van der Waals surface area (Å²) in [7, 11) is 0. The molecule has 4 rings (SSSR count). The molecule has 0 spiro atoms. The van der Waals surface area contributed by atoms with Crippen LogP contribution in [0, 0.1) is 0 Å². The fourth-order valence-corrected chi connectivity index (χ4v) is 3.99. The number of benzene rings is 2. The van der Waals surface area contributed by atoms with Gasteiger partial charge in [-0.1, -0.05) is 41.4 Å². The number of hydrogen-bond acceptors (Lipinski definition) is 5. The minimum absolute atomic E-state index is 0.0500. The van der Waals surface area contributed by atoms with Crippen molar-refractivity contribution in [2.75, 3.05) is 39.6 Å². The zero-order valence-electron chi connectivity index (χ0n) is 15.1. The van der Waals surface area contributed by atoms with Crippen LogP contribution >= 0.6 is 23.2 Å². The van der Waals surface area contributed by atoms with Crippen molar-refractivity contribution >= 4 is 29.1 Å². The topological polar surface area (TPSA) is 60.0 Å². The van der Waals surface area contributed by atoms with Gasteiger partial charge >= 0.3 is 0 Å². The number of carbonyl (C=O) groups excluding carboxylic acids is 1. The summed E-state index contributed by atoms with van der Waals surface area (Å²) < 4.78 is 16.1. The van der Waals surface area contributed by atoms with Crippen molar-refractivity contribution in [2.45, 2.75) is 6.04 Å². The second-order valence-electron chi connectivity index (χ2n) is 6.59. The molecule has 1 unspecified atom stereocenters. The Hall–Kier alpha value is -1.99. The molecule has 1 N–H and O–H groups in total. The third-order valence-corrected chi connectivity index (χ3v) is 5.52. The fraction of sp³-hybridized carbons (Fsp3) is 0.350. The summed E-state index contributed by atoms with van der Waals surface area (Å²) in [5.74, 6) is 0.722. The molecule has 2 aromatic carbocycles. The van der Waals surface area contributed by atoms with Crippen LogP contribution in [0.25, 0.3) is 0 Å². The van der Waals surface area contributed by atoms with Crippen molar-refractivity contribution in [3.63, 3.8) is 0 Å². The van der Waals surface area contributed by atoms with Crippen molar-refractivity contribution in [3.05, 3.63) is 57.6 Å². The Morgan fingerprint density at radius 3 is 2.68 bits per heavy atom. The van der Waals surface area contributed by atoms with E-state index in [1.807, 2.05) is 24.3 Å². The molecule has 0 saturated carbocycles. The van der Waals surface area contributed by atoms with Crippen molar-refractivity contribution in [1.82, 2.24) is 10.2 Å². The monoisotopic (exact) mass is 422 g/mol. The minimum atomic E-state index is -0.231. The maximum Gasteiger partial charge on any atom is 0.251 e. The van der Waals surface area contributed by atoms with Crippen molar-refractivity contribution in [1.29, 1.82) is 0 Å². The van der Waals surface area contributed by atoms with Crippen LogP contribution < -0.4 is 14.8 Å². The van der Waals surface area contributed by atoms with Gasteiger partial charge in [-0.25, -0.2) is 0 Å². The van der Waals surface area contributed by atoms with Crippen LogP contribution in [0.4, 0.5) is 0 Å². The highest BCUT2D eigenvalue weighted by Gasteiger charge is 2.26. The first-order chi connectivity index (χ1) is 13.6. The average molecular weight is 423 g/mol.